The molecule has 2 N–H and O–H groups in total. The molecule has 0 aromatic heterocycles. The minimum absolute atomic E-state index is 0.0537. The Morgan fingerprint density at radius 3 is 2.37 bits per heavy atom. The lowest BCUT2D eigenvalue weighted by Crippen LogP contribution is -2.30. The Bertz CT molecular complexity index is 1090. The van der Waals surface area contributed by atoms with Gasteiger partial charge in [0.25, 0.3) is 0 Å². The highest BCUT2D eigenvalue weighted by Gasteiger charge is 2.40. The van der Waals surface area contributed by atoms with Crippen LogP contribution in [0.25, 0.3) is 0 Å². The standard InChI is InChI=1S/C21H19NO4S/c1-14-9-18(24)11-19(10-14)27(25,26)22-13-16-7-8-17(23)12-20(16)21(22)15-5-3-2-4-6-15/h2-12,21,23-24H,13H2,1H3. The zero-order valence-electron chi connectivity index (χ0n) is 14.7. The highest BCUT2D eigenvalue weighted by Crippen LogP contribution is 2.43. The second-order valence-electron chi connectivity index (χ2n) is 6.75. The van der Waals surface area contributed by atoms with E-state index >= 15 is 0 Å². The summed E-state index contributed by atoms with van der Waals surface area (Å²) >= 11 is 0. The van der Waals surface area contributed by atoms with Gasteiger partial charge in [0.15, 0.2) is 0 Å². The first-order valence-electron chi connectivity index (χ1n) is 8.55. The number of phenols is 2. The van der Waals surface area contributed by atoms with E-state index in [-0.39, 0.29) is 22.9 Å². The van der Waals surface area contributed by atoms with E-state index in [0.717, 1.165) is 16.7 Å². The van der Waals surface area contributed by atoms with E-state index in [1.165, 1.54) is 16.4 Å². The molecule has 0 saturated heterocycles. The van der Waals surface area contributed by atoms with Gasteiger partial charge in [-0.1, -0.05) is 36.4 Å². The number of sulfonamides is 1. The third-order valence-electron chi connectivity index (χ3n) is 4.80. The van der Waals surface area contributed by atoms with Crippen LogP contribution in [0.4, 0.5) is 0 Å². The average molecular weight is 381 g/mol. The van der Waals surface area contributed by atoms with Crippen LogP contribution in [-0.2, 0) is 16.6 Å². The zero-order chi connectivity index (χ0) is 19.2. The number of phenolic OH excluding ortho intramolecular Hbond substituents is 2. The molecule has 3 aromatic carbocycles. The van der Waals surface area contributed by atoms with Crippen LogP contribution in [0, 0.1) is 6.92 Å². The summed E-state index contributed by atoms with van der Waals surface area (Å²) in [5.74, 6) is 0.0151. The molecule has 1 aliphatic rings. The Morgan fingerprint density at radius 2 is 1.67 bits per heavy atom. The quantitative estimate of drug-likeness (QED) is 0.725. The van der Waals surface area contributed by atoms with E-state index in [1.54, 1.807) is 31.2 Å². The van der Waals surface area contributed by atoms with E-state index in [2.05, 4.69) is 0 Å². The van der Waals surface area contributed by atoms with E-state index < -0.39 is 16.1 Å². The van der Waals surface area contributed by atoms with Crippen LogP contribution in [0.1, 0.15) is 28.3 Å². The minimum atomic E-state index is -3.87. The fourth-order valence-electron chi connectivity index (χ4n) is 3.61. The summed E-state index contributed by atoms with van der Waals surface area (Å²) in [6, 6.07) is 18.1. The Kier molecular flexibility index (Phi) is 4.17. The van der Waals surface area contributed by atoms with Gasteiger partial charge in [0.05, 0.1) is 10.9 Å². The maximum absolute atomic E-state index is 13.4. The molecule has 4 rings (SSSR count). The molecule has 0 bridgehead atoms. The SMILES string of the molecule is Cc1cc(O)cc(S(=O)(=O)N2Cc3ccc(O)cc3C2c2ccccc2)c1. The summed E-state index contributed by atoms with van der Waals surface area (Å²) in [4.78, 5) is 0.0537. The van der Waals surface area contributed by atoms with Crippen molar-refractivity contribution in [3.8, 4) is 11.5 Å². The van der Waals surface area contributed by atoms with Gasteiger partial charge >= 0.3 is 0 Å². The van der Waals surface area contributed by atoms with Crippen molar-refractivity contribution in [3.63, 3.8) is 0 Å². The molecule has 0 saturated carbocycles. The summed E-state index contributed by atoms with van der Waals surface area (Å²) < 4.78 is 28.3. The number of benzene rings is 3. The summed E-state index contributed by atoms with van der Waals surface area (Å²) in [6.07, 6.45) is 0. The number of hydrogen-bond donors (Lipinski definition) is 2. The third kappa shape index (κ3) is 3.07. The van der Waals surface area contributed by atoms with Crippen LogP contribution in [0.5, 0.6) is 11.5 Å². The summed E-state index contributed by atoms with van der Waals surface area (Å²) in [7, 11) is -3.87. The highest BCUT2D eigenvalue weighted by molar-refractivity contribution is 7.89. The van der Waals surface area contributed by atoms with Crippen LogP contribution in [0.2, 0.25) is 0 Å². The maximum Gasteiger partial charge on any atom is 0.244 e. The van der Waals surface area contributed by atoms with Crippen molar-refractivity contribution in [2.45, 2.75) is 24.4 Å². The second kappa shape index (κ2) is 6.40. The summed E-state index contributed by atoms with van der Waals surface area (Å²) in [6.45, 7) is 1.94. The van der Waals surface area contributed by atoms with Crippen molar-refractivity contribution in [3.05, 3.63) is 89.0 Å². The Labute approximate surface area is 158 Å². The first-order valence-corrected chi connectivity index (χ1v) is 9.99. The first-order chi connectivity index (χ1) is 12.9. The van der Waals surface area contributed by atoms with Gasteiger partial charge in [-0.05, 0) is 59.5 Å². The van der Waals surface area contributed by atoms with Crippen LogP contribution in [0.15, 0.2) is 71.6 Å². The van der Waals surface area contributed by atoms with Gasteiger partial charge in [-0.25, -0.2) is 8.42 Å². The van der Waals surface area contributed by atoms with E-state index in [4.69, 9.17) is 0 Å². The van der Waals surface area contributed by atoms with E-state index in [0.29, 0.717) is 5.56 Å². The molecule has 1 atom stereocenters. The highest BCUT2D eigenvalue weighted by atomic mass is 32.2. The number of aryl methyl sites for hydroxylation is 1. The van der Waals surface area contributed by atoms with Crippen LogP contribution < -0.4 is 0 Å². The molecular formula is C21H19NO4S. The van der Waals surface area contributed by atoms with E-state index in [1.807, 2.05) is 30.3 Å². The van der Waals surface area contributed by atoms with Gasteiger partial charge in [0, 0.05) is 6.54 Å². The molecule has 3 aromatic rings. The molecule has 6 heteroatoms. The molecular weight excluding hydrogens is 362 g/mol. The fourth-order valence-corrected chi connectivity index (χ4v) is 5.31. The largest absolute Gasteiger partial charge is 0.508 e. The van der Waals surface area contributed by atoms with Gasteiger partial charge < -0.3 is 10.2 Å². The predicted molar refractivity (Wildman–Crippen MR) is 102 cm³/mol. The molecule has 27 heavy (non-hydrogen) atoms. The molecule has 0 fully saturated rings. The zero-order valence-corrected chi connectivity index (χ0v) is 15.5. The molecule has 0 spiro atoms. The van der Waals surface area contributed by atoms with Crippen molar-refractivity contribution < 1.29 is 18.6 Å². The molecule has 1 aliphatic heterocycles. The van der Waals surface area contributed by atoms with Crippen molar-refractivity contribution >= 4 is 10.0 Å². The monoisotopic (exact) mass is 381 g/mol. The lowest BCUT2D eigenvalue weighted by molar-refractivity contribution is 0.386. The number of hydrogen-bond acceptors (Lipinski definition) is 4. The lowest BCUT2D eigenvalue weighted by atomic mass is 9.98. The molecule has 5 nitrogen and oxygen atoms in total. The minimum Gasteiger partial charge on any atom is -0.508 e. The molecule has 0 aliphatic carbocycles. The topological polar surface area (TPSA) is 77.8 Å². The smallest absolute Gasteiger partial charge is 0.244 e. The Balaban J connectivity index is 1.88. The average Bonchev–Trinajstić information content (AvgIpc) is 3.01. The van der Waals surface area contributed by atoms with Crippen LogP contribution in [0.3, 0.4) is 0 Å². The van der Waals surface area contributed by atoms with Crippen molar-refractivity contribution in [2.75, 3.05) is 0 Å². The van der Waals surface area contributed by atoms with Gasteiger partial charge in [-0.3, -0.25) is 0 Å². The van der Waals surface area contributed by atoms with E-state index in [9.17, 15) is 18.6 Å². The lowest BCUT2D eigenvalue weighted by Gasteiger charge is -2.25. The number of rotatable bonds is 3. The third-order valence-corrected chi connectivity index (χ3v) is 6.58. The van der Waals surface area contributed by atoms with Crippen molar-refractivity contribution in [1.82, 2.24) is 4.31 Å². The fraction of sp³-hybridized carbons (Fsp3) is 0.143. The van der Waals surface area contributed by atoms with Gasteiger partial charge in [0.2, 0.25) is 10.0 Å². The Hall–Kier alpha value is -2.83. The van der Waals surface area contributed by atoms with Crippen molar-refractivity contribution in [2.24, 2.45) is 0 Å². The van der Waals surface area contributed by atoms with Gasteiger partial charge in [-0.15, -0.1) is 0 Å². The molecule has 0 amide bonds. The molecule has 1 heterocycles. The number of nitrogens with zero attached hydrogens (tertiary/aromatic N) is 1. The molecule has 138 valence electrons. The van der Waals surface area contributed by atoms with Crippen LogP contribution in [-0.4, -0.2) is 22.9 Å². The van der Waals surface area contributed by atoms with Crippen LogP contribution >= 0.6 is 0 Å². The van der Waals surface area contributed by atoms with Gasteiger partial charge in [0.1, 0.15) is 11.5 Å². The summed E-state index contributed by atoms with van der Waals surface area (Å²) in [5.41, 5.74) is 3.10. The van der Waals surface area contributed by atoms with Gasteiger partial charge in [-0.2, -0.15) is 4.31 Å². The summed E-state index contributed by atoms with van der Waals surface area (Å²) in [5, 5.41) is 19.8. The molecule has 1 unspecified atom stereocenters. The number of fused-ring (bicyclic) bond motifs is 1. The first kappa shape index (κ1) is 17.6. The predicted octanol–water partition coefficient (Wildman–Crippen LogP) is 3.70. The second-order valence-corrected chi connectivity index (χ2v) is 8.64. The van der Waals surface area contributed by atoms with Crippen molar-refractivity contribution in [1.29, 1.82) is 0 Å². The normalized spacial score (nSPS) is 17.0. The maximum atomic E-state index is 13.4. The molecule has 0 radical (unpaired) electrons. The Morgan fingerprint density at radius 1 is 0.926 bits per heavy atom. The number of aromatic hydroxyl groups is 2.